The van der Waals surface area contributed by atoms with E-state index in [0.717, 1.165) is 31.5 Å². The molecule has 0 bridgehead atoms. The monoisotopic (exact) mass is 254 g/mol. The number of nitrogens with one attached hydrogen (secondary N) is 1. The molecule has 0 amide bonds. The van der Waals surface area contributed by atoms with Gasteiger partial charge in [-0.2, -0.15) is 0 Å². The number of nitrogens with two attached hydrogens (primary N) is 1. The topological polar surface area (TPSA) is 58.3 Å². The van der Waals surface area contributed by atoms with E-state index in [1.54, 1.807) is 13.0 Å². The second kappa shape index (κ2) is 7.21. The lowest BCUT2D eigenvalue weighted by Gasteiger charge is -2.18. The summed E-state index contributed by atoms with van der Waals surface area (Å²) in [4.78, 5) is 0. The van der Waals surface area contributed by atoms with Gasteiger partial charge in [0.15, 0.2) is 0 Å². The van der Waals surface area contributed by atoms with Crippen molar-refractivity contribution in [2.75, 3.05) is 24.2 Å². The van der Waals surface area contributed by atoms with Gasteiger partial charge in [0.25, 0.3) is 0 Å². The fourth-order valence-electron chi connectivity index (χ4n) is 2.04. The highest BCUT2D eigenvalue weighted by Crippen LogP contribution is 2.23. The number of rotatable bonds is 7. The van der Waals surface area contributed by atoms with Crippen LogP contribution >= 0.6 is 0 Å². The summed E-state index contributed by atoms with van der Waals surface area (Å²) in [7, 11) is 0. The first-order valence-corrected chi connectivity index (χ1v) is 6.48. The van der Waals surface area contributed by atoms with Gasteiger partial charge in [-0.25, -0.2) is 4.39 Å². The molecule has 3 nitrogen and oxygen atoms in total. The van der Waals surface area contributed by atoms with E-state index in [2.05, 4.69) is 12.2 Å². The molecule has 1 unspecified atom stereocenters. The van der Waals surface area contributed by atoms with Crippen LogP contribution < -0.4 is 11.1 Å². The van der Waals surface area contributed by atoms with Crippen LogP contribution in [0.4, 0.5) is 15.8 Å². The van der Waals surface area contributed by atoms with E-state index in [1.165, 1.54) is 6.07 Å². The van der Waals surface area contributed by atoms with Gasteiger partial charge in [-0.15, -0.1) is 0 Å². The highest BCUT2D eigenvalue weighted by molar-refractivity contribution is 5.67. The van der Waals surface area contributed by atoms with Crippen LogP contribution in [0.3, 0.4) is 0 Å². The molecule has 0 spiro atoms. The van der Waals surface area contributed by atoms with Gasteiger partial charge < -0.3 is 16.2 Å². The number of benzene rings is 1. The van der Waals surface area contributed by atoms with Crippen LogP contribution in [0.2, 0.25) is 0 Å². The summed E-state index contributed by atoms with van der Waals surface area (Å²) in [6.45, 7) is 4.80. The van der Waals surface area contributed by atoms with Crippen LogP contribution in [-0.2, 0) is 0 Å². The van der Waals surface area contributed by atoms with Gasteiger partial charge in [-0.3, -0.25) is 0 Å². The van der Waals surface area contributed by atoms with E-state index in [4.69, 9.17) is 10.8 Å². The molecule has 18 heavy (non-hydrogen) atoms. The summed E-state index contributed by atoms with van der Waals surface area (Å²) >= 11 is 0. The average Bonchev–Trinajstić information content (AvgIpc) is 2.32. The normalized spacial score (nSPS) is 12.4. The minimum atomic E-state index is -0.279. The standard InChI is InChI=1S/C14H23FN2O/c1-3-4-11(5-6-18)9-17-14-7-10(2)12(15)8-13(14)16/h7-8,11,17-18H,3-6,9,16H2,1-2H3. The van der Waals surface area contributed by atoms with E-state index in [0.29, 0.717) is 17.2 Å². The van der Waals surface area contributed by atoms with Crippen LogP contribution in [0.25, 0.3) is 0 Å². The number of halogens is 1. The fourth-order valence-corrected chi connectivity index (χ4v) is 2.04. The second-order valence-electron chi connectivity index (χ2n) is 4.74. The maximum absolute atomic E-state index is 13.3. The molecule has 102 valence electrons. The Labute approximate surface area is 108 Å². The number of anilines is 2. The zero-order valence-corrected chi connectivity index (χ0v) is 11.2. The SMILES string of the molecule is CCCC(CCO)CNc1cc(C)c(F)cc1N. The van der Waals surface area contributed by atoms with Crippen molar-refractivity contribution in [2.24, 2.45) is 5.92 Å². The molecule has 0 aliphatic rings. The van der Waals surface area contributed by atoms with Crippen LogP contribution in [0, 0.1) is 18.7 Å². The molecule has 1 aromatic carbocycles. The first-order chi connectivity index (χ1) is 8.58. The quantitative estimate of drug-likeness (QED) is 0.656. The van der Waals surface area contributed by atoms with Crippen molar-refractivity contribution in [1.82, 2.24) is 0 Å². The zero-order valence-electron chi connectivity index (χ0n) is 11.2. The molecule has 1 aromatic rings. The predicted molar refractivity (Wildman–Crippen MR) is 74.1 cm³/mol. The van der Waals surface area contributed by atoms with Crippen molar-refractivity contribution in [3.8, 4) is 0 Å². The van der Waals surface area contributed by atoms with Gasteiger partial charge in [-0.05, 0) is 43.4 Å². The van der Waals surface area contributed by atoms with Crippen molar-refractivity contribution in [3.63, 3.8) is 0 Å². The predicted octanol–water partition coefficient (Wildman–Crippen LogP) is 2.93. The Hall–Kier alpha value is -1.29. The van der Waals surface area contributed by atoms with Crippen LogP contribution in [0.5, 0.6) is 0 Å². The third-order valence-electron chi connectivity index (χ3n) is 3.15. The van der Waals surface area contributed by atoms with Crippen molar-refractivity contribution in [2.45, 2.75) is 33.1 Å². The molecule has 0 radical (unpaired) electrons. The highest BCUT2D eigenvalue weighted by Gasteiger charge is 2.09. The number of hydrogen-bond donors (Lipinski definition) is 3. The minimum absolute atomic E-state index is 0.199. The Kier molecular flexibility index (Phi) is 5.92. The van der Waals surface area contributed by atoms with E-state index in [-0.39, 0.29) is 12.4 Å². The molecular formula is C14H23FN2O. The van der Waals surface area contributed by atoms with Crippen LogP contribution in [-0.4, -0.2) is 18.3 Å². The summed E-state index contributed by atoms with van der Waals surface area (Å²) in [5, 5.41) is 12.2. The first-order valence-electron chi connectivity index (χ1n) is 6.48. The maximum Gasteiger partial charge on any atom is 0.128 e. The lowest BCUT2D eigenvalue weighted by molar-refractivity contribution is 0.255. The molecule has 0 heterocycles. The Bertz CT molecular complexity index is 376. The molecule has 0 aliphatic carbocycles. The van der Waals surface area contributed by atoms with Crippen molar-refractivity contribution >= 4 is 11.4 Å². The van der Waals surface area contributed by atoms with Gasteiger partial charge in [0.2, 0.25) is 0 Å². The minimum Gasteiger partial charge on any atom is -0.397 e. The van der Waals surface area contributed by atoms with Gasteiger partial charge in [0.05, 0.1) is 11.4 Å². The molecule has 4 heteroatoms. The van der Waals surface area contributed by atoms with E-state index in [1.807, 2.05) is 0 Å². The number of aryl methyl sites for hydroxylation is 1. The molecular weight excluding hydrogens is 231 g/mol. The summed E-state index contributed by atoms with van der Waals surface area (Å²) in [5.74, 6) is 0.142. The smallest absolute Gasteiger partial charge is 0.128 e. The summed E-state index contributed by atoms with van der Waals surface area (Å²) in [6, 6.07) is 3.07. The van der Waals surface area contributed by atoms with Crippen molar-refractivity contribution < 1.29 is 9.50 Å². The number of nitrogen functional groups attached to an aromatic ring is 1. The third kappa shape index (κ3) is 4.18. The molecule has 0 aliphatic heterocycles. The Morgan fingerprint density at radius 1 is 1.39 bits per heavy atom. The molecule has 0 saturated carbocycles. The molecule has 1 rings (SSSR count). The summed E-state index contributed by atoms with van der Waals surface area (Å²) < 4.78 is 13.3. The number of aliphatic hydroxyl groups excluding tert-OH is 1. The van der Waals surface area contributed by atoms with E-state index >= 15 is 0 Å². The lowest BCUT2D eigenvalue weighted by Crippen LogP contribution is -2.16. The van der Waals surface area contributed by atoms with Gasteiger partial charge in [0, 0.05) is 13.2 Å². The number of aliphatic hydroxyl groups is 1. The van der Waals surface area contributed by atoms with Gasteiger partial charge in [-0.1, -0.05) is 13.3 Å². The van der Waals surface area contributed by atoms with Crippen molar-refractivity contribution in [3.05, 3.63) is 23.5 Å². The van der Waals surface area contributed by atoms with Gasteiger partial charge >= 0.3 is 0 Å². The van der Waals surface area contributed by atoms with E-state index in [9.17, 15) is 4.39 Å². The Morgan fingerprint density at radius 3 is 2.72 bits per heavy atom. The number of hydrogen-bond acceptors (Lipinski definition) is 3. The van der Waals surface area contributed by atoms with Crippen molar-refractivity contribution in [1.29, 1.82) is 0 Å². The third-order valence-corrected chi connectivity index (χ3v) is 3.15. The lowest BCUT2D eigenvalue weighted by atomic mass is 10.00. The molecule has 0 fully saturated rings. The second-order valence-corrected chi connectivity index (χ2v) is 4.74. The van der Waals surface area contributed by atoms with Crippen LogP contribution in [0.1, 0.15) is 31.7 Å². The molecule has 0 aromatic heterocycles. The first kappa shape index (κ1) is 14.8. The average molecular weight is 254 g/mol. The summed E-state index contributed by atoms with van der Waals surface area (Å²) in [6.07, 6.45) is 2.93. The van der Waals surface area contributed by atoms with Crippen LogP contribution in [0.15, 0.2) is 12.1 Å². The molecule has 1 atom stereocenters. The fraction of sp³-hybridized carbons (Fsp3) is 0.571. The Balaban J connectivity index is 2.64. The zero-order chi connectivity index (χ0) is 13.5. The van der Waals surface area contributed by atoms with Gasteiger partial charge in [0.1, 0.15) is 5.82 Å². The van der Waals surface area contributed by atoms with E-state index < -0.39 is 0 Å². The molecule has 0 saturated heterocycles. The summed E-state index contributed by atoms with van der Waals surface area (Å²) in [5.41, 5.74) is 7.56. The highest BCUT2D eigenvalue weighted by atomic mass is 19.1. The Morgan fingerprint density at radius 2 is 2.11 bits per heavy atom. The maximum atomic E-state index is 13.3. The molecule has 4 N–H and O–H groups in total. The largest absolute Gasteiger partial charge is 0.397 e.